The fourth-order valence-corrected chi connectivity index (χ4v) is 2.20. The first kappa shape index (κ1) is 18.3. The molecule has 0 spiro atoms. The average Bonchev–Trinajstić information content (AvgIpc) is 2.53. The maximum Gasteiger partial charge on any atom is 0.338 e. The van der Waals surface area contributed by atoms with Crippen molar-refractivity contribution in [2.24, 2.45) is 0 Å². The Balaban J connectivity index is 2.65. The molecule has 0 saturated heterocycles. The lowest BCUT2D eigenvalue weighted by Crippen LogP contribution is -2.36. The molecule has 0 aliphatic rings. The number of hydrogen-bond donors (Lipinski definition) is 1. The molecule has 0 saturated carbocycles. The van der Waals surface area contributed by atoms with Crippen LogP contribution in [0.25, 0.3) is 0 Å². The molecule has 0 amide bonds. The number of carbonyl (C=O) groups is 1. The van der Waals surface area contributed by atoms with Crippen LogP contribution in [-0.4, -0.2) is 48.3 Å². The molecule has 0 radical (unpaired) electrons. The normalized spacial score (nSPS) is 12.2. The van der Waals surface area contributed by atoms with Crippen LogP contribution >= 0.6 is 0 Å². The summed E-state index contributed by atoms with van der Waals surface area (Å²) in [5.41, 5.74) is 0.385. The number of ether oxygens (including phenoxy) is 2. The number of carbonyl (C=O) groups excluding carboxylic acids is 1. The van der Waals surface area contributed by atoms with E-state index in [-0.39, 0.29) is 11.8 Å². The summed E-state index contributed by atoms with van der Waals surface area (Å²) in [6.45, 7) is 10.8. The van der Waals surface area contributed by atoms with Crippen molar-refractivity contribution in [3.05, 3.63) is 23.8 Å². The first-order valence-corrected chi connectivity index (χ1v) is 7.90. The van der Waals surface area contributed by atoms with E-state index in [1.807, 2.05) is 13.8 Å². The predicted octanol–water partition coefficient (Wildman–Crippen LogP) is 3.07. The third kappa shape index (κ3) is 5.22. The van der Waals surface area contributed by atoms with Gasteiger partial charge in [0.25, 0.3) is 0 Å². The SMILES string of the molecule is CCCOc1cc(C(=O)OC[C@H](C)N(CC)CC)ccc1O. The quantitative estimate of drug-likeness (QED) is 0.710. The topological polar surface area (TPSA) is 59.0 Å². The van der Waals surface area contributed by atoms with Crippen LogP contribution in [0.3, 0.4) is 0 Å². The van der Waals surface area contributed by atoms with Crippen LogP contribution in [0.1, 0.15) is 44.5 Å². The van der Waals surface area contributed by atoms with Gasteiger partial charge in [0, 0.05) is 6.04 Å². The standard InChI is InChI=1S/C17H27NO4/c1-5-10-21-16-11-14(8-9-15(16)19)17(20)22-12-13(4)18(6-2)7-3/h8-9,11,13,19H,5-7,10,12H2,1-4H3/t13-/m0/s1. The number of hydrogen-bond acceptors (Lipinski definition) is 5. The summed E-state index contributed by atoms with van der Waals surface area (Å²) < 4.78 is 10.8. The number of aromatic hydroxyl groups is 1. The van der Waals surface area contributed by atoms with Gasteiger partial charge < -0.3 is 14.6 Å². The van der Waals surface area contributed by atoms with Gasteiger partial charge in [-0.3, -0.25) is 4.90 Å². The molecule has 0 aliphatic heterocycles. The van der Waals surface area contributed by atoms with E-state index < -0.39 is 5.97 Å². The molecule has 5 nitrogen and oxygen atoms in total. The lowest BCUT2D eigenvalue weighted by Gasteiger charge is -2.25. The Bertz CT molecular complexity index is 472. The largest absolute Gasteiger partial charge is 0.504 e. The summed E-state index contributed by atoms with van der Waals surface area (Å²) in [4.78, 5) is 14.3. The number of likely N-dealkylation sites (N-methyl/N-ethyl adjacent to an activating group) is 1. The van der Waals surface area contributed by atoms with Crippen LogP contribution in [0.4, 0.5) is 0 Å². The van der Waals surface area contributed by atoms with Crippen molar-refractivity contribution in [3.8, 4) is 11.5 Å². The van der Waals surface area contributed by atoms with E-state index in [0.29, 0.717) is 24.5 Å². The Labute approximate surface area is 132 Å². The molecule has 124 valence electrons. The summed E-state index contributed by atoms with van der Waals surface area (Å²) in [7, 11) is 0. The molecule has 0 aliphatic carbocycles. The molecule has 0 heterocycles. The Morgan fingerprint density at radius 3 is 2.55 bits per heavy atom. The van der Waals surface area contributed by atoms with E-state index in [0.717, 1.165) is 19.5 Å². The molecule has 1 rings (SSSR count). The third-order valence-electron chi connectivity index (χ3n) is 3.55. The van der Waals surface area contributed by atoms with Gasteiger partial charge in [-0.1, -0.05) is 20.8 Å². The molecule has 0 unspecified atom stereocenters. The van der Waals surface area contributed by atoms with Gasteiger partial charge in [-0.15, -0.1) is 0 Å². The van der Waals surface area contributed by atoms with E-state index >= 15 is 0 Å². The van der Waals surface area contributed by atoms with Crippen molar-refractivity contribution < 1.29 is 19.4 Å². The van der Waals surface area contributed by atoms with Gasteiger partial charge in [0.15, 0.2) is 11.5 Å². The summed E-state index contributed by atoms with van der Waals surface area (Å²) >= 11 is 0. The van der Waals surface area contributed by atoms with E-state index in [1.54, 1.807) is 6.07 Å². The molecule has 0 fully saturated rings. The van der Waals surface area contributed by atoms with Crippen LogP contribution < -0.4 is 4.74 Å². The molecule has 22 heavy (non-hydrogen) atoms. The van der Waals surface area contributed by atoms with Gasteiger partial charge in [-0.05, 0) is 44.6 Å². The van der Waals surface area contributed by atoms with Gasteiger partial charge in [0.1, 0.15) is 6.61 Å². The monoisotopic (exact) mass is 309 g/mol. The van der Waals surface area contributed by atoms with Crippen LogP contribution in [0.5, 0.6) is 11.5 Å². The second-order valence-electron chi connectivity index (χ2n) is 5.20. The maximum absolute atomic E-state index is 12.1. The second kappa shape index (κ2) is 9.30. The Morgan fingerprint density at radius 1 is 1.27 bits per heavy atom. The summed E-state index contributed by atoms with van der Waals surface area (Å²) in [5.74, 6) is -0.0602. The fraction of sp³-hybridized carbons (Fsp3) is 0.588. The van der Waals surface area contributed by atoms with E-state index in [1.165, 1.54) is 12.1 Å². The van der Waals surface area contributed by atoms with Crippen molar-refractivity contribution in [1.82, 2.24) is 4.90 Å². The van der Waals surface area contributed by atoms with E-state index in [2.05, 4.69) is 18.7 Å². The molecular formula is C17H27NO4. The van der Waals surface area contributed by atoms with E-state index in [9.17, 15) is 9.90 Å². The number of rotatable bonds is 9. The predicted molar refractivity (Wildman–Crippen MR) is 86.6 cm³/mol. The fourth-order valence-electron chi connectivity index (χ4n) is 2.20. The van der Waals surface area contributed by atoms with Crippen LogP contribution in [0.2, 0.25) is 0 Å². The van der Waals surface area contributed by atoms with Crippen LogP contribution in [0.15, 0.2) is 18.2 Å². The summed E-state index contributed by atoms with van der Waals surface area (Å²) in [6, 6.07) is 4.69. The number of phenols is 1. The average molecular weight is 309 g/mol. The van der Waals surface area contributed by atoms with E-state index in [4.69, 9.17) is 9.47 Å². The minimum atomic E-state index is -0.402. The van der Waals surface area contributed by atoms with Crippen LogP contribution in [-0.2, 0) is 4.74 Å². The molecule has 1 N–H and O–H groups in total. The zero-order valence-electron chi connectivity index (χ0n) is 14.0. The molecule has 1 atom stereocenters. The zero-order valence-corrected chi connectivity index (χ0v) is 14.0. The lowest BCUT2D eigenvalue weighted by atomic mass is 10.2. The zero-order chi connectivity index (χ0) is 16.5. The van der Waals surface area contributed by atoms with Crippen molar-refractivity contribution in [2.45, 2.75) is 40.2 Å². The Hall–Kier alpha value is -1.75. The molecule has 1 aromatic carbocycles. The summed E-state index contributed by atoms with van der Waals surface area (Å²) in [6.07, 6.45) is 0.829. The lowest BCUT2D eigenvalue weighted by molar-refractivity contribution is 0.0381. The molecule has 0 bridgehead atoms. The smallest absolute Gasteiger partial charge is 0.338 e. The van der Waals surface area contributed by atoms with Crippen molar-refractivity contribution >= 4 is 5.97 Å². The number of esters is 1. The van der Waals surface area contributed by atoms with Gasteiger partial charge in [-0.25, -0.2) is 4.79 Å². The molecular weight excluding hydrogens is 282 g/mol. The van der Waals surface area contributed by atoms with Crippen molar-refractivity contribution in [3.63, 3.8) is 0 Å². The van der Waals surface area contributed by atoms with Crippen molar-refractivity contribution in [1.29, 1.82) is 0 Å². The van der Waals surface area contributed by atoms with Gasteiger partial charge in [-0.2, -0.15) is 0 Å². The highest BCUT2D eigenvalue weighted by atomic mass is 16.5. The van der Waals surface area contributed by atoms with Crippen molar-refractivity contribution in [2.75, 3.05) is 26.3 Å². The summed E-state index contributed by atoms with van der Waals surface area (Å²) in [5, 5.41) is 9.71. The van der Waals surface area contributed by atoms with Gasteiger partial charge in [0.05, 0.1) is 12.2 Å². The number of phenolic OH excluding ortho intramolecular Hbond substituents is 1. The third-order valence-corrected chi connectivity index (χ3v) is 3.55. The highest BCUT2D eigenvalue weighted by molar-refractivity contribution is 5.90. The Kier molecular flexibility index (Phi) is 7.74. The maximum atomic E-state index is 12.1. The highest BCUT2D eigenvalue weighted by Crippen LogP contribution is 2.27. The first-order valence-electron chi connectivity index (χ1n) is 7.90. The molecule has 1 aromatic rings. The number of benzene rings is 1. The minimum Gasteiger partial charge on any atom is -0.504 e. The Morgan fingerprint density at radius 2 is 1.95 bits per heavy atom. The first-order chi connectivity index (χ1) is 10.5. The minimum absolute atomic E-state index is 0.0292. The highest BCUT2D eigenvalue weighted by Gasteiger charge is 2.15. The van der Waals surface area contributed by atoms with Gasteiger partial charge in [0.2, 0.25) is 0 Å². The second-order valence-corrected chi connectivity index (χ2v) is 5.20. The molecule has 5 heteroatoms. The van der Waals surface area contributed by atoms with Gasteiger partial charge >= 0.3 is 5.97 Å². The van der Waals surface area contributed by atoms with Crippen LogP contribution in [0, 0.1) is 0 Å². The molecule has 0 aromatic heterocycles. The number of nitrogens with zero attached hydrogens (tertiary/aromatic N) is 1.